The Bertz CT molecular complexity index is 246. The van der Waals surface area contributed by atoms with E-state index in [0.717, 1.165) is 19.4 Å². The summed E-state index contributed by atoms with van der Waals surface area (Å²) in [5.74, 6) is 0. The molecule has 0 aliphatic carbocycles. The van der Waals surface area contributed by atoms with Gasteiger partial charge in [-0.15, -0.1) is 0 Å². The molecule has 1 aliphatic rings. The standard InChI is InChI=1S/C10H17N3O/c1-3-5-9-8-13(7-4-6-11)10(14)12(9)2/h9H,3-5,7-8H2,1-2H3. The Hall–Kier alpha value is -1.24. The second-order valence-electron chi connectivity index (χ2n) is 3.69. The second-order valence-corrected chi connectivity index (χ2v) is 3.69. The van der Waals surface area contributed by atoms with Gasteiger partial charge in [0.05, 0.1) is 18.5 Å². The van der Waals surface area contributed by atoms with Crippen LogP contribution < -0.4 is 0 Å². The third kappa shape index (κ3) is 2.16. The van der Waals surface area contributed by atoms with Gasteiger partial charge in [-0.25, -0.2) is 4.79 Å². The van der Waals surface area contributed by atoms with Crippen LogP contribution in [0.3, 0.4) is 0 Å². The first-order valence-electron chi connectivity index (χ1n) is 5.09. The van der Waals surface area contributed by atoms with Gasteiger partial charge in [0.2, 0.25) is 0 Å². The smallest absolute Gasteiger partial charge is 0.320 e. The molecule has 14 heavy (non-hydrogen) atoms. The average Bonchev–Trinajstić information content (AvgIpc) is 2.44. The van der Waals surface area contributed by atoms with Crippen LogP contribution in [0.25, 0.3) is 0 Å². The number of carbonyl (C=O) groups excluding carboxylic acids is 1. The number of likely N-dealkylation sites (N-methyl/N-ethyl adjacent to an activating group) is 1. The Morgan fingerprint density at radius 1 is 1.64 bits per heavy atom. The van der Waals surface area contributed by atoms with Gasteiger partial charge in [0.25, 0.3) is 0 Å². The third-order valence-electron chi connectivity index (χ3n) is 2.67. The van der Waals surface area contributed by atoms with Gasteiger partial charge in [0.15, 0.2) is 0 Å². The predicted octanol–water partition coefficient (Wildman–Crippen LogP) is 1.44. The zero-order chi connectivity index (χ0) is 10.6. The molecule has 0 spiro atoms. The first kappa shape index (κ1) is 10.8. The summed E-state index contributed by atoms with van der Waals surface area (Å²) in [6.07, 6.45) is 2.57. The summed E-state index contributed by atoms with van der Waals surface area (Å²) in [7, 11) is 1.84. The highest BCUT2D eigenvalue weighted by molar-refractivity contribution is 5.76. The highest BCUT2D eigenvalue weighted by atomic mass is 16.2. The molecule has 1 rings (SSSR count). The minimum Gasteiger partial charge on any atom is -0.323 e. The van der Waals surface area contributed by atoms with E-state index in [0.29, 0.717) is 19.0 Å². The minimum atomic E-state index is 0.0682. The lowest BCUT2D eigenvalue weighted by atomic mass is 10.1. The van der Waals surface area contributed by atoms with Crippen molar-refractivity contribution < 1.29 is 4.79 Å². The van der Waals surface area contributed by atoms with Crippen molar-refractivity contribution in [3.05, 3.63) is 0 Å². The number of nitrogens with zero attached hydrogens (tertiary/aromatic N) is 3. The van der Waals surface area contributed by atoms with Gasteiger partial charge in [0, 0.05) is 20.1 Å². The zero-order valence-electron chi connectivity index (χ0n) is 8.86. The molecule has 1 saturated heterocycles. The van der Waals surface area contributed by atoms with Crippen molar-refractivity contribution in [2.75, 3.05) is 20.1 Å². The molecule has 0 bridgehead atoms. The molecule has 0 aromatic carbocycles. The summed E-state index contributed by atoms with van der Waals surface area (Å²) in [6, 6.07) is 2.47. The van der Waals surface area contributed by atoms with Crippen molar-refractivity contribution in [2.45, 2.75) is 32.2 Å². The van der Waals surface area contributed by atoms with Gasteiger partial charge >= 0.3 is 6.03 Å². The molecule has 1 aliphatic heterocycles. The van der Waals surface area contributed by atoms with Crippen LogP contribution in [0.1, 0.15) is 26.2 Å². The molecule has 78 valence electrons. The molecule has 4 nitrogen and oxygen atoms in total. The van der Waals surface area contributed by atoms with Crippen molar-refractivity contribution in [1.82, 2.24) is 9.80 Å². The Morgan fingerprint density at radius 2 is 2.36 bits per heavy atom. The number of hydrogen-bond acceptors (Lipinski definition) is 2. The summed E-state index contributed by atoms with van der Waals surface area (Å²) in [5.41, 5.74) is 0. The quantitative estimate of drug-likeness (QED) is 0.681. The number of hydrogen-bond donors (Lipinski definition) is 0. The van der Waals surface area contributed by atoms with E-state index in [-0.39, 0.29) is 6.03 Å². The molecule has 0 saturated carbocycles. The summed E-state index contributed by atoms with van der Waals surface area (Å²) in [4.78, 5) is 15.2. The van der Waals surface area contributed by atoms with Crippen molar-refractivity contribution >= 4 is 6.03 Å². The minimum absolute atomic E-state index is 0.0682. The largest absolute Gasteiger partial charge is 0.323 e. The maximum atomic E-state index is 11.6. The molecular weight excluding hydrogens is 178 g/mol. The summed E-state index contributed by atoms with van der Waals surface area (Å²) >= 11 is 0. The van der Waals surface area contributed by atoms with Crippen LogP contribution in [-0.2, 0) is 0 Å². The van der Waals surface area contributed by atoms with E-state index >= 15 is 0 Å². The van der Waals surface area contributed by atoms with Crippen molar-refractivity contribution in [3.8, 4) is 6.07 Å². The van der Waals surface area contributed by atoms with Crippen LogP contribution >= 0.6 is 0 Å². The van der Waals surface area contributed by atoms with Gasteiger partial charge in [-0.3, -0.25) is 0 Å². The molecule has 0 aromatic heterocycles. The van der Waals surface area contributed by atoms with E-state index in [1.54, 1.807) is 9.80 Å². The molecule has 1 fully saturated rings. The van der Waals surface area contributed by atoms with Gasteiger partial charge in [-0.05, 0) is 6.42 Å². The predicted molar refractivity (Wildman–Crippen MR) is 53.7 cm³/mol. The van der Waals surface area contributed by atoms with Crippen molar-refractivity contribution in [1.29, 1.82) is 5.26 Å². The van der Waals surface area contributed by atoms with Crippen LogP contribution in [-0.4, -0.2) is 42.0 Å². The molecule has 0 radical (unpaired) electrons. The van der Waals surface area contributed by atoms with Crippen LogP contribution in [0.5, 0.6) is 0 Å². The highest BCUT2D eigenvalue weighted by Crippen LogP contribution is 2.17. The van der Waals surface area contributed by atoms with Crippen LogP contribution in [0.2, 0.25) is 0 Å². The Morgan fingerprint density at radius 3 is 2.93 bits per heavy atom. The average molecular weight is 195 g/mol. The first-order chi connectivity index (χ1) is 6.70. The van der Waals surface area contributed by atoms with Gasteiger partial charge in [-0.2, -0.15) is 5.26 Å². The fourth-order valence-electron chi connectivity index (χ4n) is 1.82. The Kier molecular flexibility index (Phi) is 3.75. The lowest BCUT2D eigenvalue weighted by Gasteiger charge is -2.16. The zero-order valence-corrected chi connectivity index (χ0v) is 8.86. The molecule has 2 amide bonds. The van der Waals surface area contributed by atoms with E-state index in [1.807, 2.05) is 7.05 Å². The lowest BCUT2D eigenvalue weighted by Crippen LogP contribution is -2.31. The SMILES string of the molecule is CCCC1CN(CCC#N)C(=O)N1C. The second kappa shape index (κ2) is 4.85. The molecule has 0 N–H and O–H groups in total. The van der Waals surface area contributed by atoms with E-state index in [9.17, 15) is 4.79 Å². The van der Waals surface area contributed by atoms with Crippen LogP contribution in [0, 0.1) is 11.3 Å². The van der Waals surface area contributed by atoms with Crippen LogP contribution in [0.4, 0.5) is 4.79 Å². The fraction of sp³-hybridized carbons (Fsp3) is 0.800. The topological polar surface area (TPSA) is 47.3 Å². The van der Waals surface area contributed by atoms with Gasteiger partial charge in [-0.1, -0.05) is 13.3 Å². The van der Waals surface area contributed by atoms with Crippen molar-refractivity contribution in [3.63, 3.8) is 0 Å². The first-order valence-corrected chi connectivity index (χ1v) is 5.09. The summed E-state index contributed by atoms with van der Waals surface area (Å²) in [5, 5.41) is 8.45. The monoisotopic (exact) mass is 195 g/mol. The van der Waals surface area contributed by atoms with Crippen LogP contribution in [0.15, 0.2) is 0 Å². The Labute approximate surface area is 85.1 Å². The van der Waals surface area contributed by atoms with Gasteiger partial charge < -0.3 is 9.80 Å². The van der Waals surface area contributed by atoms with E-state index in [1.165, 1.54) is 0 Å². The summed E-state index contributed by atoms with van der Waals surface area (Å²) < 4.78 is 0. The number of urea groups is 1. The maximum absolute atomic E-state index is 11.6. The third-order valence-corrected chi connectivity index (χ3v) is 2.67. The number of nitriles is 1. The summed E-state index contributed by atoms with van der Waals surface area (Å²) in [6.45, 7) is 3.47. The van der Waals surface area contributed by atoms with E-state index in [2.05, 4.69) is 13.0 Å². The Balaban J connectivity index is 2.49. The highest BCUT2D eigenvalue weighted by Gasteiger charge is 2.33. The molecule has 4 heteroatoms. The number of amides is 2. The maximum Gasteiger partial charge on any atom is 0.320 e. The normalized spacial score (nSPS) is 21.5. The van der Waals surface area contributed by atoms with E-state index in [4.69, 9.17) is 5.26 Å². The van der Waals surface area contributed by atoms with Gasteiger partial charge in [0.1, 0.15) is 0 Å². The molecule has 1 atom stereocenters. The van der Waals surface area contributed by atoms with Crippen molar-refractivity contribution in [2.24, 2.45) is 0 Å². The molecular formula is C10H17N3O. The number of rotatable bonds is 4. The molecule has 1 heterocycles. The van der Waals surface area contributed by atoms with E-state index < -0.39 is 0 Å². The lowest BCUT2D eigenvalue weighted by molar-refractivity contribution is 0.195. The molecule has 1 unspecified atom stereocenters. The number of carbonyl (C=O) groups is 1. The fourth-order valence-corrected chi connectivity index (χ4v) is 1.82. The molecule has 0 aromatic rings.